The van der Waals surface area contributed by atoms with Gasteiger partial charge in [-0.15, -0.1) is 0 Å². The van der Waals surface area contributed by atoms with Gasteiger partial charge in [-0.3, -0.25) is 4.90 Å². The van der Waals surface area contributed by atoms with Crippen molar-refractivity contribution in [3.05, 3.63) is 0 Å². The van der Waals surface area contributed by atoms with Crippen molar-refractivity contribution in [3.8, 4) is 0 Å². The molecule has 1 aliphatic carbocycles. The monoisotopic (exact) mass is 226 g/mol. The van der Waals surface area contributed by atoms with Crippen LogP contribution in [0.5, 0.6) is 0 Å². The Morgan fingerprint density at radius 1 is 1.12 bits per heavy atom. The average molecular weight is 226 g/mol. The lowest BCUT2D eigenvalue weighted by Crippen LogP contribution is -2.50. The van der Waals surface area contributed by atoms with Crippen molar-refractivity contribution in [2.75, 3.05) is 0 Å². The van der Waals surface area contributed by atoms with Crippen LogP contribution in [0.15, 0.2) is 0 Å². The largest absolute Gasteiger partial charge is 0.328 e. The molecule has 4 unspecified atom stereocenters. The fraction of sp³-hybridized carbons (Fsp3) is 1.00. The second-order valence-electron chi connectivity index (χ2n) is 5.54. The fourth-order valence-electron chi connectivity index (χ4n) is 3.05. The van der Waals surface area contributed by atoms with Gasteiger partial charge >= 0.3 is 0 Å². The summed E-state index contributed by atoms with van der Waals surface area (Å²) in [6.45, 7) is 9.32. The van der Waals surface area contributed by atoms with Gasteiger partial charge in [0.25, 0.3) is 0 Å². The van der Waals surface area contributed by atoms with Gasteiger partial charge in [-0.25, -0.2) is 0 Å². The minimum Gasteiger partial charge on any atom is -0.328 e. The Morgan fingerprint density at radius 2 is 1.69 bits per heavy atom. The van der Waals surface area contributed by atoms with Crippen molar-refractivity contribution in [1.29, 1.82) is 0 Å². The summed E-state index contributed by atoms with van der Waals surface area (Å²) in [5.41, 5.74) is 6.12. The van der Waals surface area contributed by atoms with E-state index in [1.54, 1.807) is 0 Å². The maximum Gasteiger partial charge on any atom is 0.0116 e. The van der Waals surface area contributed by atoms with E-state index in [0.717, 1.165) is 6.04 Å². The molecular formula is C14H30N2. The van der Waals surface area contributed by atoms with Crippen LogP contribution in [0.4, 0.5) is 0 Å². The molecule has 2 heteroatoms. The van der Waals surface area contributed by atoms with Gasteiger partial charge < -0.3 is 5.73 Å². The molecule has 1 fully saturated rings. The smallest absolute Gasteiger partial charge is 0.0116 e. The number of hydrogen-bond acceptors (Lipinski definition) is 2. The molecule has 16 heavy (non-hydrogen) atoms. The van der Waals surface area contributed by atoms with Crippen LogP contribution in [0, 0.1) is 0 Å². The van der Waals surface area contributed by atoms with Gasteiger partial charge in [0.15, 0.2) is 0 Å². The predicted octanol–water partition coefficient (Wildman–Crippen LogP) is 3.16. The molecule has 2 N–H and O–H groups in total. The summed E-state index contributed by atoms with van der Waals surface area (Å²) in [5.74, 6) is 0. The third-order valence-corrected chi connectivity index (χ3v) is 4.31. The number of nitrogens with two attached hydrogens (primary N) is 1. The van der Waals surface area contributed by atoms with Crippen LogP contribution in [0.25, 0.3) is 0 Å². The first-order chi connectivity index (χ1) is 7.60. The Balaban J connectivity index is 2.66. The van der Waals surface area contributed by atoms with Crippen molar-refractivity contribution in [1.82, 2.24) is 4.90 Å². The molecule has 0 aromatic carbocycles. The molecule has 0 amide bonds. The van der Waals surface area contributed by atoms with Gasteiger partial charge in [-0.05, 0) is 46.0 Å². The summed E-state index contributed by atoms with van der Waals surface area (Å²) < 4.78 is 0. The van der Waals surface area contributed by atoms with E-state index in [1.807, 2.05) is 0 Å². The van der Waals surface area contributed by atoms with Crippen molar-refractivity contribution in [3.63, 3.8) is 0 Å². The Labute approximate surface area is 102 Å². The van der Waals surface area contributed by atoms with Crippen LogP contribution in [0.2, 0.25) is 0 Å². The lowest BCUT2D eigenvalue weighted by molar-refractivity contribution is 0.0623. The van der Waals surface area contributed by atoms with Gasteiger partial charge in [-0.1, -0.05) is 20.3 Å². The number of nitrogens with zero attached hydrogens (tertiary/aromatic N) is 1. The predicted molar refractivity (Wildman–Crippen MR) is 71.6 cm³/mol. The van der Waals surface area contributed by atoms with E-state index in [-0.39, 0.29) is 0 Å². The van der Waals surface area contributed by atoms with Gasteiger partial charge in [0.05, 0.1) is 0 Å². The summed E-state index contributed by atoms with van der Waals surface area (Å²) in [7, 11) is 0. The third kappa shape index (κ3) is 3.46. The Kier molecular flexibility index (Phi) is 5.77. The molecule has 1 aliphatic rings. The second-order valence-corrected chi connectivity index (χ2v) is 5.54. The molecule has 0 saturated heterocycles. The van der Waals surface area contributed by atoms with E-state index in [1.165, 1.54) is 38.5 Å². The van der Waals surface area contributed by atoms with Crippen LogP contribution < -0.4 is 5.73 Å². The lowest BCUT2D eigenvalue weighted by atomic mass is 9.88. The van der Waals surface area contributed by atoms with Gasteiger partial charge in [-0.2, -0.15) is 0 Å². The molecule has 1 rings (SSSR count). The highest BCUT2D eigenvalue weighted by Gasteiger charge is 2.29. The molecule has 4 atom stereocenters. The second kappa shape index (κ2) is 6.61. The Hall–Kier alpha value is -0.0800. The third-order valence-electron chi connectivity index (χ3n) is 4.31. The normalized spacial score (nSPS) is 30.4. The van der Waals surface area contributed by atoms with E-state index in [4.69, 9.17) is 5.73 Å². The molecule has 0 radical (unpaired) electrons. The highest BCUT2D eigenvalue weighted by atomic mass is 15.2. The summed E-state index contributed by atoms with van der Waals surface area (Å²) >= 11 is 0. The van der Waals surface area contributed by atoms with Gasteiger partial charge in [0.1, 0.15) is 0 Å². The van der Waals surface area contributed by atoms with Crippen LogP contribution >= 0.6 is 0 Å². The van der Waals surface area contributed by atoms with Crippen LogP contribution in [-0.4, -0.2) is 29.1 Å². The fourth-order valence-corrected chi connectivity index (χ4v) is 3.05. The van der Waals surface area contributed by atoms with Crippen LogP contribution in [0.3, 0.4) is 0 Å². The standard InChI is InChI=1S/C14H30N2/c1-5-11(3)16(12(4)6-2)14-9-7-8-13(15)10-14/h11-14H,5-10,15H2,1-4H3. The lowest BCUT2D eigenvalue weighted by Gasteiger charge is -2.43. The van der Waals surface area contributed by atoms with Crippen molar-refractivity contribution in [2.45, 2.75) is 90.4 Å². The molecule has 0 heterocycles. The minimum absolute atomic E-state index is 0.439. The first-order valence-corrected chi connectivity index (χ1v) is 7.13. The van der Waals surface area contributed by atoms with E-state index in [2.05, 4.69) is 32.6 Å². The SMILES string of the molecule is CCC(C)N(C(C)CC)C1CCCC(N)C1. The average Bonchev–Trinajstić information content (AvgIpc) is 2.29. The zero-order valence-electron chi connectivity index (χ0n) is 11.6. The van der Waals surface area contributed by atoms with E-state index < -0.39 is 0 Å². The molecular weight excluding hydrogens is 196 g/mol. The molecule has 0 aromatic rings. The first kappa shape index (κ1) is 14.0. The highest BCUT2D eigenvalue weighted by molar-refractivity contribution is 4.86. The first-order valence-electron chi connectivity index (χ1n) is 7.13. The molecule has 1 saturated carbocycles. The Bertz CT molecular complexity index is 183. The number of hydrogen-bond donors (Lipinski definition) is 1. The van der Waals surface area contributed by atoms with Crippen molar-refractivity contribution < 1.29 is 0 Å². The van der Waals surface area contributed by atoms with Gasteiger partial charge in [0, 0.05) is 24.2 Å². The summed E-state index contributed by atoms with van der Waals surface area (Å²) in [6, 6.07) is 2.57. The summed E-state index contributed by atoms with van der Waals surface area (Å²) in [4.78, 5) is 2.74. The minimum atomic E-state index is 0.439. The topological polar surface area (TPSA) is 29.3 Å². The van der Waals surface area contributed by atoms with Crippen molar-refractivity contribution in [2.24, 2.45) is 5.73 Å². The van der Waals surface area contributed by atoms with E-state index in [0.29, 0.717) is 18.1 Å². The summed E-state index contributed by atoms with van der Waals surface area (Å²) in [6.07, 6.45) is 7.59. The molecule has 2 nitrogen and oxygen atoms in total. The Morgan fingerprint density at radius 3 is 2.12 bits per heavy atom. The van der Waals surface area contributed by atoms with Crippen LogP contribution in [0.1, 0.15) is 66.2 Å². The molecule has 0 bridgehead atoms. The van der Waals surface area contributed by atoms with E-state index >= 15 is 0 Å². The van der Waals surface area contributed by atoms with E-state index in [9.17, 15) is 0 Å². The van der Waals surface area contributed by atoms with Crippen molar-refractivity contribution >= 4 is 0 Å². The maximum absolute atomic E-state index is 6.12. The quantitative estimate of drug-likeness (QED) is 0.780. The molecule has 96 valence electrons. The molecule has 0 aliphatic heterocycles. The summed E-state index contributed by atoms with van der Waals surface area (Å²) in [5, 5.41) is 0. The molecule has 0 aromatic heterocycles. The van der Waals surface area contributed by atoms with Crippen LogP contribution in [-0.2, 0) is 0 Å². The molecule has 0 spiro atoms. The zero-order chi connectivity index (χ0) is 12.1. The maximum atomic E-state index is 6.12. The zero-order valence-corrected chi connectivity index (χ0v) is 11.6. The highest BCUT2D eigenvalue weighted by Crippen LogP contribution is 2.27. The van der Waals surface area contributed by atoms with Gasteiger partial charge in [0.2, 0.25) is 0 Å². The number of rotatable bonds is 5.